The minimum absolute atomic E-state index is 0.559. The van der Waals surface area contributed by atoms with E-state index in [0.29, 0.717) is 11.3 Å². The summed E-state index contributed by atoms with van der Waals surface area (Å²) in [6.45, 7) is 2.78. The average Bonchev–Trinajstić information content (AvgIpc) is 2.33. The third kappa shape index (κ3) is 2.58. The Labute approximate surface area is 98.3 Å². The van der Waals surface area contributed by atoms with Gasteiger partial charge in [0.05, 0.1) is 5.69 Å². The summed E-state index contributed by atoms with van der Waals surface area (Å²) in [6, 6.07) is 7.39. The van der Waals surface area contributed by atoms with Gasteiger partial charge in [0.2, 0.25) is 0 Å². The number of hydrogen-bond acceptors (Lipinski definition) is 2. The van der Waals surface area contributed by atoms with E-state index in [2.05, 4.69) is 10.3 Å². The molecule has 2 aromatic rings. The van der Waals surface area contributed by atoms with E-state index in [1.807, 2.05) is 13.0 Å². The van der Waals surface area contributed by atoms with Gasteiger partial charge in [-0.1, -0.05) is 0 Å². The first-order valence-electron chi connectivity index (χ1n) is 5.36. The maximum absolute atomic E-state index is 13.1. The number of rotatable bonds is 3. The fourth-order valence-corrected chi connectivity index (χ4v) is 1.56. The molecule has 2 nitrogen and oxygen atoms in total. The molecule has 0 aliphatic carbocycles. The monoisotopic (exact) mass is 234 g/mol. The maximum atomic E-state index is 13.1. The molecule has 0 atom stereocenters. The summed E-state index contributed by atoms with van der Waals surface area (Å²) in [5.41, 5.74) is 2.08. The van der Waals surface area contributed by atoms with Crippen LogP contribution in [0.15, 0.2) is 36.5 Å². The Morgan fingerprint density at radius 3 is 2.65 bits per heavy atom. The first kappa shape index (κ1) is 11.5. The van der Waals surface area contributed by atoms with E-state index >= 15 is 0 Å². The molecule has 1 aromatic carbocycles. The van der Waals surface area contributed by atoms with Crippen LogP contribution in [0.1, 0.15) is 6.92 Å². The summed E-state index contributed by atoms with van der Waals surface area (Å²) in [4.78, 5) is 4.13. The molecule has 0 radical (unpaired) electrons. The van der Waals surface area contributed by atoms with Gasteiger partial charge in [-0.25, -0.2) is 8.78 Å². The third-order valence-corrected chi connectivity index (χ3v) is 2.36. The Morgan fingerprint density at radius 1 is 1.12 bits per heavy atom. The summed E-state index contributed by atoms with van der Waals surface area (Å²) in [6.07, 6.45) is 1.63. The summed E-state index contributed by atoms with van der Waals surface area (Å²) in [5, 5.41) is 3.14. The summed E-state index contributed by atoms with van der Waals surface area (Å²) in [7, 11) is 0. The van der Waals surface area contributed by atoms with Gasteiger partial charge in [0.25, 0.3) is 0 Å². The van der Waals surface area contributed by atoms with Crippen molar-refractivity contribution in [2.75, 3.05) is 11.9 Å². The molecule has 1 N–H and O–H groups in total. The molecular weight excluding hydrogens is 222 g/mol. The van der Waals surface area contributed by atoms with Crippen LogP contribution in [0.25, 0.3) is 11.3 Å². The molecule has 17 heavy (non-hydrogen) atoms. The summed E-state index contributed by atoms with van der Waals surface area (Å²) < 4.78 is 25.9. The van der Waals surface area contributed by atoms with Gasteiger partial charge in [-0.3, -0.25) is 4.98 Å². The topological polar surface area (TPSA) is 24.9 Å². The molecule has 2 rings (SSSR count). The number of pyridine rings is 1. The number of hydrogen-bond donors (Lipinski definition) is 1. The molecule has 88 valence electrons. The number of halogens is 2. The summed E-state index contributed by atoms with van der Waals surface area (Å²) in [5.74, 6) is -1.71. The zero-order valence-electron chi connectivity index (χ0n) is 9.37. The third-order valence-electron chi connectivity index (χ3n) is 2.36. The van der Waals surface area contributed by atoms with E-state index in [9.17, 15) is 8.78 Å². The first-order valence-corrected chi connectivity index (χ1v) is 5.36. The smallest absolute Gasteiger partial charge is 0.159 e. The van der Waals surface area contributed by atoms with Gasteiger partial charge in [-0.05, 0) is 37.3 Å². The molecule has 1 aromatic heterocycles. The molecule has 1 heterocycles. The van der Waals surface area contributed by atoms with Crippen molar-refractivity contribution >= 4 is 5.69 Å². The van der Waals surface area contributed by atoms with Crippen molar-refractivity contribution in [1.82, 2.24) is 4.98 Å². The van der Waals surface area contributed by atoms with Crippen molar-refractivity contribution in [2.45, 2.75) is 6.92 Å². The number of aromatic nitrogens is 1. The fourth-order valence-electron chi connectivity index (χ4n) is 1.56. The zero-order valence-corrected chi connectivity index (χ0v) is 9.37. The van der Waals surface area contributed by atoms with E-state index < -0.39 is 11.6 Å². The minimum Gasteiger partial charge on any atom is -0.385 e. The van der Waals surface area contributed by atoms with Crippen LogP contribution in [0.4, 0.5) is 14.5 Å². The second-order valence-electron chi connectivity index (χ2n) is 3.59. The van der Waals surface area contributed by atoms with Crippen LogP contribution in [-0.2, 0) is 0 Å². The van der Waals surface area contributed by atoms with E-state index in [4.69, 9.17) is 0 Å². The van der Waals surface area contributed by atoms with Crippen LogP contribution in [0.5, 0.6) is 0 Å². The van der Waals surface area contributed by atoms with Crippen LogP contribution in [-0.4, -0.2) is 11.5 Å². The van der Waals surface area contributed by atoms with Crippen molar-refractivity contribution in [3.8, 4) is 11.3 Å². The van der Waals surface area contributed by atoms with Gasteiger partial charge in [-0.15, -0.1) is 0 Å². The van der Waals surface area contributed by atoms with Crippen LogP contribution >= 0.6 is 0 Å². The Morgan fingerprint density at radius 2 is 1.94 bits per heavy atom. The first-order chi connectivity index (χ1) is 8.20. The van der Waals surface area contributed by atoms with Gasteiger partial charge in [0.1, 0.15) is 0 Å². The van der Waals surface area contributed by atoms with E-state index in [0.717, 1.165) is 24.4 Å². The van der Waals surface area contributed by atoms with Gasteiger partial charge in [-0.2, -0.15) is 0 Å². The van der Waals surface area contributed by atoms with E-state index in [-0.39, 0.29) is 0 Å². The molecule has 0 saturated carbocycles. The molecule has 0 fully saturated rings. The Hall–Kier alpha value is -1.97. The second kappa shape index (κ2) is 4.91. The predicted octanol–water partition coefficient (Wildman–Crippen LogP) is 3.46. The van der Waals surface area contributed by atoms with Crippen LogP contribution < -0.4 is 5.32 Å². The van der Waals surface area contributed by atoms with Crippen LogP contribution in [0.3, 0.4) is 0 Å². The predicted molar refractivity (Wildman–Crippen MR) is 63.8 cm³/mol. The molecule has 0 aliphatic heterocycles. The number of benzene rings is 1. The Kier molecular flexibility index (Phi) is 3.32. The number of anilines is 1. The highest BCUT2D eigenvalue weighted by Crippen LogP contribution is 2.21. The molecule has 0 amide bonds. The van der Waals surface area contributed by atoms with Crippen molar-refractivity contribution in [2.24, 2.45) is 0 Å². The maximum Gasteiger partial charge on any atom is 0.159 e. The lowest BCUT2D eigenvalue weighted by Gasteiger charge is -2.06. The fraction of sp³-hybridized carbons (Fsp3) is 0.154. The second-order valence-corrected chi connectivity index (χ2v) is 3.59. The number of nitrogens with zero attached hydrogens (tertiary/aromatic N) is 1. The highest BCUT2D eigenvalue weighted by atomic mass is 19.2. The molecular formula is C13H12F2N2. The molecule has 0 spiro atoms. The van der Waals surface area contributed by atoms with Crippen molar-refractivity contribution in [3.63, 3.8) is 0 Å². The lowest BCUT2D eigenvalue weighted by atomic mass is 10.1. The van der Waals surface area contributed by atoms with Crippen molar-refractivity contribution < 1.29 is 8.78 Å². The lowest BCUT2D eigenvalue weighted by Crippen LogP contribution is -1.97. The molecule has 0 saturated heterocycles. The van der Waals surface area contributed by atoms with Gasteiger partial charge in [0, 0.05) is 24.0 Å². The minimum atomic E-state index is -0.863. The number of nitrogens with one attached hydrogen (secondary N) is 1. The molecule has 4 heteroatoms. The van der Waals surface area contributed by atoms with Gasteiger partial charge in [0.15, 0.2) is 11.6 Å². The highest BCUT2D eigenvalue weighted by molar-refractivity contribution is 5.63. The normalized spacial score (nSPS) is 10.3. The van der Waals surface area contributed by atoms with Crippen LogP contribution in [0.2, 0.25) is 0 Å². The SMILES string of the molecule is CCNc1ccnc(-c2ccc(F)c(F)c2)c1. The highest BCUT2D eigenvalue weighted by Gasteiger charge is 2.05. The van der Waals surface area contributed by atoms with Gasteiger partial charge >= 0.3 is 0 Å². The van der Waals surface area contributed by atoms with E-state index in [1.54, 1.807) is 12.3 Å². The quantitative estimate of drug-likeness (QED) is 0.879. The standard InChI is InChI=1S/C13H12F2N2/c1-2-16-10-5-6-17-13(8-10)9-3-4-11(14)12(15)7-9/h3-8H,2H2,1H3,(H,16,17). The molecule has 0 aliphatic rings. The largest absolute Gasteiger partial charge is 0.385 e. The van der Waals surface area contributed by atoms with E-state index in [1.165, 1.54) is 6.07 Å². The average molecular weight is 234 g/mol. The van der Waals surface area contributed by atoms with Crippen LogP contribution in [0, 0.1) is 11.6 Å². The van der Waals surface area contributed by atoms with Crippen molar-refractivity contribution in [3.05, 3.63) is 48.2 Å². The Balaban J connectivity index is 2.38. The Bertz CT molecular complexity index is 527. The molecule has 0 bridgehead atoms. The molecule has 0 unspecified atom stereocenters. The van der Waals surface area contributed by atoms with Crippen molar-refractivity contribution in [1.29, 1.82) is 0 Å². The van der Waals surface area contributed by atoms with Gasteiger partial charge < -0.3 is 5.32 Å². The summed E-state index contributed by atoms with van der Waals surface area (Å²) >= 11 is 0. The zero-order chi connectivity index (χ0) is 12.3. The lowest BCUT2D eigenvalue weighted by molar-refractivity contribution is 0.509.